The summed E-state index contributed by atoms with van der Waals surface area (Å²) >= 11 is 1.60. The van der Waals surface area contributed by atoms with Gasteiger partial charge in [-0.1, -0.05) is 30.3 Å². The molecule has 2 heterocycles. The van der Waals surface area contributed by atoms with E-state index in [1.165, 1.54) is 4.68 Å². The summed E-state index contributed by atoms with van der Waals surface area (Å²) in [6.45, 7) is 1.82. The normalized spacial score (nSPS) is 10.9. The van der Waals surface area contributed by atoms with Gasteiger partial charge in [0.2, 0.25) is 5.91 Å². The maximum Gasteiger partial charge on any atom is 0.275 e. The van der Waals surface area contributed by atoms with Crippen LogP contribution < -0.4 is 10.9 Å². The smallest absolute Gasteiger partial charge is 0.275 e. The summed E-state index contributed by atoms with van der Waals surface area (Å²) in [6.07, 6.45) is 1.59. The average molecular weight is 376 g/mol. The Kier molecular flexibility index (Phi) is 4.52. The quantitative estimate of drug-likeness (QED) is 0.592. The fraction of sp³-hybridized carbons (Fsp3) is 0.100. The Morgan fingerprint density at radius 3 is 2.67 bits per heavy atom. The van der Waals surface area contributed by atoms with Crippen molar-refractivity contribution in [3.63, 3.8) is 0 Å². The van der Waals surface area contributed by atoms with Crippen molar-refractivity contribution >= 4 is 33.7 Å². The molecule has 0 bridgehead atoms. The van der Waals surface area contributed by atoms with Crippen LogP contribution in [0.4, 0.5) is 5.69 Å². The average Bonchev–Trinajstić information content (AvgIpc) is 3.11. The Bertz CT molecular complexity index is 1180. The van der Waals surface area contributed by atoms with Crippen molar-refractivity contribution in [2.24, 2.45) is 0 Å². The second-order valence-electron chi connectivity index (χ2n) is 6.07. The molecular weight excluding hydrogens is 360 g/mol. The molecule has 1 N–H and O–H groups in total. The fourth-order valence-corrected chi connectivity index (χ4v) is 3.42. The van der Waals surface area contributed by atoms with E-state index in [2.05, 4.69) is 15.4 Å². The molecule has 0 spiro atoms. The predicted octanol–water partition coefficient (Wildman–Crippen LogP) is 3.47. The summed E-state index contributed by atoms with van der Waals surface area (Å²) in [5.74, 6) is -0.308. The van der Waals surface area contributed by atoms with Crippen LogP contribution in [0.15, 0.2) is 64.9 Å². The number of aromatic nitrogens is 3. The molecule has 7 heteroatoms. The highest BCUT2D eigenvalue weighted by molar-refractivity contribution is 7.09. The van der Waals surface area contributed by atoms with E-state index in [9.17, 15) is 9.59 Å². The Morgan fingerprint density at radius 1 is 1.15 bits per heavy atom. The minimum absolute atomic E-state index is 0.142. The number of carbonyl (C=O) groups is 1. The van der Waals surface area contributed by atoms with Gasteiger partial charge in [-0.3, -0.25) is 9.59 Å². The van der Waals surface area contributed by atoms with Gasteiger partial charge in [0.1, 0.15) is 6.54 Å². The van der Waals surface area contributed by atoms with Crippen molar-refractivity contribution < 1.29 is 4.79 Å². The third kappa shape index (κ3) is 3.63. The predicted molar refractivity (Wildman–Crippen MR) is 107 cm³/mol. The standard InChI is InChI=1S/C20H16N4O2S/c1-13-22-18(12-27-13)14-6-8-16(9-7-14)23-19(25)11-24-20(26)17-5-3-2-4-15(17)10-21-24/h2-10,12H,11H2,1H3,(H,23,25). The van der Waals surface area contributed by atoms with E-state index in [0.717, 1.165) is 21.7 Å². The number of thiazole rings is 1. The molecule has 0 aliphatic heterocycles. The minimum atomic E-state index is -0.308. The second-order valence-corrected chi connectivity index (χ2v) is 7.13. The van der Waals surface area contributed by atoms with Crippen molar-refractivity contribution in [2.75, 3.05) is 5.32 Å². The van der Waals surface area contributed by atoms with Gasteiger partial charge >= 0.3 is 0 Å². The number of benzene rings is 2. The van der Waals surface area contributed by atoms with Crippen LogP contribution in [0.3, 0.4) is 0 Å². The molecule has 2 aromatic heterocycles. The molecule has 0 aliphatic carbocycles. The van der Waals surface area contributed by atoms with Crippen LogP contribution in [0.1, 0.15) is 5.01 Å². The third-order valence-corrected chi connectivity index (χ3v) is 4.91. The Morgan fingerprint density at radius 2 is 1.93 bits per heavy atom. The van der Waals surface area contributed by atoms with Gasteiger partial charge in [-0.2, -0.15) is 5.10 Å². The van der Waals surface area contributed by atoms with Crippen molar-refractivity contribution in [2.45, 2.75) is 13.5 Å². The fourth-order valence-electron chi connectivity index (χ4n) is 2.80. The van der Waals surface area contributed by atoms with Crippen molar-refractivity contribution in [1.82, 2.24) is 14.8 Å². The summed E-state index contributed by atoms with van der Waals surface area (Å²) in [5.41, 5.74) is 2.29. The van der Waals surface area contributed by atoms with Crippen LogP contribution in [-0.4, -0.2) is 20.7 Å². The number of nitrogens with one attached hydrogen (secondary N) is 1. The lowest BCUT2D eigenvalue weighted by atomic mass is 10.1. The van der Waals surface area contributed by atoms with Gasteiger partial charge < -0.3 is 5.32 Å². The summed E-state index contributed by atoms with van der Waals surface area (Å²) < 4.78 is 1.17. The van der Waals surface area contributed by atoms with E-state index < -0.39 is 0 Å². The molecule has 0 radical (unpaired) electrons. The van der Waals surface area contributed by atoms with E-state index in [-0.39, 0.29) is 18.0 Å². The van der Waals surface area contributed by atoms with E-state index in [4.69, 9.17) is 0 Å². The zero-order chi connectivity index (χ0) is 18.8. The van der Waals surface area contributed by atoms with E-state index in [1.54, 1.807) is 29.7 Å². The Labute approximate surface area is 159 Å². The second kappa shape index (κ2) is 7.13. The first-order valence-corrected chi connectivity index (χ1v) is 9.25. The number of hydrogen-bond donors (Lipinski definition) is 1. The Hall–Kier alpha value is -3.32. The molecule has 27 heavy (non-hydrogen) atoms. The number of rotatable bonds is 4. The van der Waals surface area contributed by atoms with E-state index in [0.29, 0.717) is 11.1 Å². The number of amides is 1. The van der Waals surface area contributed by atoms with Gasteiger partial charge in [-0.05, 0) is 25.1 Å². The zero-order valence-corrected chi connectivity index (χ0v) is 15.4. The molecule has 0 saturated heterocycles. The molecule has 2 aromatic carbocycles. The lowest BCUT2D eigenvalue weighted by molar-refractivity contribution is -0.117. The first-order chi connectivity index (χ1) is 13.1. The van der Waals surface area contributed by atoms with Gasteiger partial charge in [-0.25, -0.2) is 9.67 Å². The summed E-state index contributed by atoms with van der Waals surface area (Å²) in [6, 6.07) is 14.6. The van der Waals surface area contributed by atoms with Crippen LogP contribution in [0.2, 0.25) is 0 Å². The van der Waals surface area contributed by atoms with Gasteiger partial charge in [-0.15, -0.1) is 11.3 Å². The number of anilines is 1. The third-order valence-electron chi connectivity index (χ3n) is 4.14. The highest BCUT2D eigenvalue weighted by atomic mass is 32.1. The summed E-state index contributed by atoms with van der Waals surface area (Å²) in [4.78, 5) is 29.2. The topological polar surface area (TPSA) is 76.9 Å². The van der Waals surface area contributed by atoms with Gasteiger partial charge in [0, 0.05) is 22.0 Å². The largest absolute Gasteiger partial charge is 0.324 e. The number of hydrogen-bond acceptors (Lipinski definition) is 5. The molecule has 4 rings (SSSR count). The molecule has 0 aliphatic rings. The van der Waals surface area contributed by atoms with Crippen LogP contribution >= 0.6 is 11.3 Å². The lowest BCUT2D eigenvalue weighted by Gasteiger charge is -2.08. The van der Waals surface area contributed by atoms with Crippen LogP contribution in [0.5, 0.6) is 0 Å². The van der Waals surface area contributed by atoms with Crippen LogP contribution in [0, 0.1) is 6.92 Å². The number of nitrogens with zero attached hydrogens (tertiary/aromatic N) is 3. The highest BCUT2D eigenvalue weighted by Gasteiger charge is 2.09. The minimum Gasteiger partial charge on any atom is -0.324 e. The first-order valence-electron chi connectivity index (χ1n) is 8.37. The molecule has 0 saturated carbocycles. The van der Waals surface area contributed by atoms with E-state index >= 15 is 0 Å². The molecule has 1 amide bonds. The molecular formula is C20H16N4O2S. The van der Waals surface area contributed by atoms with Gasteiger partial charge in [0.05, 0.1) is 22.3 Å². The highest BCUT2D eigenvalue weighted by Crippen LogP contribution is 2.23. The number of aryl methyl sites for hydroxylation is 1. The van der Waals surface area contributed by atoms with Gasteiger partial charge in [0.15, 0.2) is 0 Å². The zero-order valence-electron chi connectivity index (χ0n) is 14.5. The van der Waals surface area contributed by atoms with Crippen molar-refractivity contribution in [1.29, 1.82) is 0 Å². The van der Waals surface area contributed by atoms with Crippen LogP contribution in [0.25, 0.3) is 22.0 Å². The summed E-state index contributed by atoms with van der Waals surface area (Å²) in [7, 11) is 0. The maximum atomic E-state index is 12.4. The summed E-state index contributed by atoms with van der Waals surface area (Å²) in [5, 5.41) is 11.2. The molecule has 0 fully saturated rings. The molecule has 0 atom stereocenters. The lowest BCUT2D eigenvalue weighted by Crippen LogP contribution is -2.29. The maximum absolute atomic E-state index is 12.4. The number of carbonyl (C=O) groups excluding carboxylic acids is 1. The SMILES string of the molecule is Cc1nc(-c2ccc(NC(=O)Cn3ncc4ccccc4c3=O)cc2)cs1. The first kappa shape index (κ1) is 17.1. The van der Waals surface area contributed by atoms with Crippen molar-refractivity contribution in [3.8, 4) is 11.3 Å². The van der Waals surface area contributed by atoms with Gasteiger partial charge in [0.25, 0.3) is 5.56 Å². The molecule has 134 valence electrons. The molecule has 0 unspecified atom stereocenters. The van der Waals surface area contributed by atoms with Crippen molar-refractivity contribution in [3.05, 3.63) is 75.5 Å². The molecule has 6 nitrogen and oxygen atoms in total. The number of fused-ring (bicyclic) bond motifs is 1. The monoisotopic (exact) mass is 376 g/mol. The van der Waals surface area contributed by atoms with Crippen LogP contribution in [-0.2, 0) is 11.3 Å². The van der Waals surface area contributed by atoms with E-state index in [1.807, 2.05) is 48.7 Å². The Balaban J connectivity index is 1.48. The molecule has 4 aromatic rings.